The van der Waals surface area contributed by atoms with Gasteiger partial charge >= 0.3 is 0 Å². The van der Waals surface area contributed by atoms with Crippen molar-refractivity contribution in [1.29, 1.82) is 0 Å². The molecule has 0 aromatic carbocycles. The molecule has 1 atom stereocenters. The van der Waals surface area contributed by atoms with Crippen LogP contribution < -0.4 is 0 Å². The Labute approximate surface area is 130 Å². The summed E-state index contributed by atoms with van der Waals surface area (Å²) >= 11 is 1.41. The van der Waals surface area contributed by atoms with Gasteiger partial charge in [-0.1, -0.05) is 18.8 Å². The van der Waals surface area contributed by atoms with Gasteiger partial charge in [0.1, 0.15) is 11.5 Å². The molecule has 1 saturated heterocycles. The van der Waals surface area contributed by atoms with Crippen molar-refractivity contribution in [3.8, 4) is 11.8 Å². The maximum atomic E-state index is 12.6. The summed E-state index contributed by atoms with van der Waals surface area (Å²) in [6.07, 6.45) is 2.37. The molecule has 4 nitrogen and oxygen atoms in total. The third-order valence-electron chi connectivity index (χ3n) is 3.90. The Morgan fingerprint density at radius 1 is 1.62 bits per heavy atom. The molecule has 1 fully saturated rings. The number of hydrogen-bond donors (Lipinski definition) is 1. The van der Waals surface area contributed by atoms with Crippen molar-refractivity contribution in [1.82, 2.24) is 9.80 Å². The van der Waals surface area contributed by atoms with Crippen LogP contribution in [0, 0.1) is 11.8 Å². The predicted molar refractivity (Wildman–Crippen MR) is 85.5 cm³/mol. The number of rotatable bonds is 4. The number of aliphatic hydroxyl groups is 1. The van der Waals surface area contributed by atoms with Gasteiger partial charge in [0.2, 0.25) is 0 Å². The summed E-state index contributed by atoms with van der Waals surface area (Å²) in [4.78, 5) is 17.5. The molecule has 1 aromatic rings. The van der Waals surface area contributed by atoms with Crippen molar-refractivity contribution < 1.29 is 9.90 Å². The molecular formula is C16H22N2O2S. The predicted octanol–water partition coefficient (Wildman–Crippen LogP) is 1.65. The molecule has 114 valence electrons. The Morgan fingerprint density at radius 2 is 2.43 bits per heavy atom. The lowest BCUT2D eigenvalue weighted by Crippen LogP contribution is -2.41. The van der Waals surface area contributed by atoms with Crippen LogP contribution in [0.15, 0.2) is 11.4 Å². The molecule has 1 amide bonds. The maximum Gasteiger partial charge on any atom is 0.265 e. The molecule has 0 spiro atoms. The normalized spacial score (nSPS) is 18.3. The van der Waals surface area contributed by atoms with Gasteiger partial charge in [-0.25, -0.2) is 0 Å². The van der Waals surface area contributed by atoms with Crippen molar-refractivity contribution in [3.63, 3.8) is 0 Å². The van der Waals surface area contributed by atoms with Gasteiger partial charge < -0.3 is 10.0 Å². The third kappa shape index (κ3) is 3.85. The van der Waals surface area contributed by atoms with Crippen molar-refractivity contribution in [3.05, 3.63) is 21.9 Å². The second kappa shape index (κ2) is 7.60. The van der Waals surface area contributed by atoms with E-state index in [1.807, 2.05) is 18.5 Å². The summed E-state index contributed by atoms with van der Waals surface area (Å²) < 4.78 is 0. The van der Waals surface area contributed by atoms with Crippen LogP contribution in [0.2, 0.25) is 0 Å². The SMILES string of the molecule is CCN1CCCC1CN(C)C(=O)c1sccc1C#CCO. The largest absolute Gasteiger partial charge is 0.384 e. The maximum absolute atomic E-state index is 12.6. The van der Waals surface area contributed by atoms with Gasteiger partial charge in [-0.2, -0.15) is 0 Å². The van der Waals surface area contributed by atoms with Crippen LogP contribution >= 0.6 is 11.3 Å². The Kier molecular flexibility index (Phi) is 5.80. The number of hydrogen-bond acceptors (Lipinski definition) is 4. The first kappa shape index (κ1) is 16.0. The molecule has 1 unspecified atom stereocenters. The lowest BCUT2D eigenvalue weighted by atomic mass is 10.2. The Bertz CT molecular complexity index is 544. The summed E-state index contributed by atoms with van der Waals surface area (Å²) in [7, 11) is 1.86. The quantitative estimate of drug-likeness (QED) is 0.860. The standard InChI is InChI=1S/C16H22N2O2S/c1-3-18-9-4-7-14(18)12-17(2)16(20)15-13(6-5-10-19)8-11-21-15/h8,11,14,19H,3-4,7,9-10,12H2,1-2H3. The molecule has 5 heteroatoms. The van der Waals surface area contributed by atoms with E-state index in [4.69, 9.17) is 5.11 Å². The average molecular weight is 306 g/mol. The van der Waals surface area contributed by atoms with Gasteiger partial charge in [0.15, 0.2) is 0 Å². The highest BCUT2D eigenvalue weighted by molar-refractivity contribution is 7.12. The molecular weight excluding hydrogens is 284 g/mol. The fourth-order valence-electron chi connectivity index (χ4n) is 2.80. The Balaban J connectivity index is 2.04. The smallest absolute Gasteiger partial charge is 0.265 e. The molecule has 2 heterocycles. The zero-order valence-electron chi connectivity index (χ0n) is 12.6. The van der Waals surface area contributed by atoms with Crippen LogP contribution in [-0.2, 0) is 0 Å². The van der Waals surface area contributed by atoms with Gasteiger partial charge in [0.25, 0.3) is 5.91 Å². The van der Waals surface area contributed by atoms with Crippen molar-refractivity contribution in [2.45, 2.75) is 25.8 Å². The molecule has 1 aliphatic rings. The zero-order valence-corrected chi connectivity index (χ0v) is 13.4. The first-order chi connectivity index (χ1) is 10.2. The zero-order chi connectivity index (χ0) is 15.2. The van der Waals surface area contributed by atoms with Crippen molar-refractivity contribution in [2.75, 3.05) is 33.3 Å². The van der Waals surface area contributed by atoms with E-state index in [1.54, 1.807) is 4.90 Å². The Hall–Kier alpha value is -1.35. The highest BCUT2D eigenvalue weighted by Gasteiger charge is 2.26. The van der Waals surface area contributed by atoms with E-state index in [1.165, 1.54) is 17.8 Å². The Morgan fingerprint density at radius 3 is 3.14 bits per heavy atom. The van der Waals surface area contributed by atoms with Crippen LogP contribution in [0.5, 0.6) is 0 Å². The highest BCUT2D eigenvalue weighted by Crippen LogP contribution is 2.21. The highest BCUT2D eigenvalue weighted by atomic mass is 32.1. The van der Waals surface area contributed by atoms with Crippen LogP contribution in [0.4, 0.5) is 0 Å². The van der Waals surface area contributed by atoms with E-state index >= 15 is 0 Å². The lowest BCUT2D eigenvalue weighted by molar-refractivity contribution is 0.0759. The van der Waals surface area contributed by atoms with E-state index in [0.717, 1.165) is 26.1 Å². The van der Waals surface area contributed by atoms with Crippen LogP contribution in [0.25, 0.3) is 0 Å². The minimum absolute atomic E-state index is 0.0233. The average Bonchev–Trinajstić information content (AvgIpc) is 3.12. The van der Waals surface area contributed by atoms with Gasteiger partial charge in [0.05, 0.1) is 0 Å². The lowest BCUT2D eigenvalue weighted by Gasteiger charge is -2.27. The number of thiophene rings is 1. The van der Waals surface area contributed by atoms with Gasteiger partial charge in [-0.15, -0.1) is 11.3 Å². The summed E-state index contributed by atoms with van der Waals surface area (Å²) in [5.74, 6) is 5.48. The van der Waals surface area contributed by atoms with E-state index in [0.29, 0.717) is 16.5 Å². The van der Waals surface area contributed by atoms with E-state index in [9.17, 15) is 4.79 Å². The summed E-state index contributed by atoms with van der Waals surface area (Å²) in [5, 5.41) is 10.7. The number of amides is 1. The number of likely N-dealkylation sites (tertiary alicyclic amines) is 1. The van der Waals surface area contributed by atoms with Gasteiger partial charge in [-0.05, 0) is 37.4 Å². The van der Waals surface area contributed by atoms with E-state index in [-0.39, 0.29) is 12.5 Å². The van der Waals surface area contributed by atoms with Crippen LogP contribution in [-0.4, -0.2) is 60.1 Å². The molecule has 1 N–H and O–H groups in total. The van der Waals surface area contributed by atoms with E-state index < -0.39 is 0 Å². The molecule has 1 aromatic heterocycles. The molecule has 0 radical (unpaired) electrons. The van der Waals surface area contributed by atoms with E-state index in [2.05, 4.69) is 23.7 Å². The monoisotopic (exact) mass is 306 g/mol. The molecule has 0 aliphatic carbocycles. The molecule has 21 heavy (non-hydrogen) atoms. The molecule has 2 rings (SSSR count). The minimum atomic E-state index is -0.188. The molecule has 0 saturated carbocycles. The first-order valence-electron chi connectivity index (χ1n) is 7.34. The number of carbonyl (C=O) groups is 1. The number of aliphatic hydroxyl groups excluding tert-OH is 1. The fraction of sp³-hybridized carbons (Fsp3) is 0.562. The van der Waals surface area contributed by atoms with Gasteiger partial charge in [-0.3, -0.25) is 9.69 Å². The van der Waals surface area contributed by atoms with Gasteiger partial charge in [0, 0.05) is 25.2 Å². The first-order valence-corrected chi connectivity index (χ1v) is 8.22. The fourth-order valence-corrected chi connectivity index (χ4v) is 3.64. The minimum Gasteiger partial charge on any atom is -0.384 e. The topological polar surface area (TPSA) is 43.8 Å². The van der Waals surface area contributed by atoms with Crippen molar-refractivity contribution in [2.24, 2.45) is 0 Å². The number of likely N-dealkylation sites (N-methyl/N-ethyl adjacent to an activating group) is 2. The number of carbonyl (C=O) groups excluding carboxylic acids is 1. The summed E-state index contributed by atoms with van der Waals surface area (Å²) in [6.45, 7) is 4.92. The van der Waals surface area contributed by atoms with Crippen molar-refractivity contribution >= 4 is 17.2 Å². The molecule has 1 aliphatic heterocycles. The molecule has 0 bridgehead atoms. The van der Waals surface area contributed by atoms with Crippen LogP contribution in [0.1, 0.15) is 35.0 Å². The second-order valence-electron chi connectivity index (χ2n) is 5.23. The third-order valence-corrected chi connectivity index (χ3v) is 4.80. The van der Waals surface area contributed by atoms with Crippen LogP contribution in [0.3, 0.4) is 0 Å². The summed E-state index contributed by atoms with van der Waals surface area (Å²) in [6, 6.07) is 2.30. The summed E-state index contributed by atoms with van der Waals surface area (Å²) in [5.41, 5.74) is 0.713. The second-order valence-corrected chi connectivity index (χ2v) is 6.15. The number of nitrogens with zero attached hydrogens (tertiary/aromatic N) is 2.